The van der Waals surface area contributed by atoms with Gasteiger partial charge < -0.3 is 9.73 Å². The van der Waals surface area contributed by atoms with Gasteiger partial charge in [-0.1, -0.05) is 60.7 Å². The molecule has 3 aromatic carbocycles. The van der Waals surface area contributed by atoms with Crippen molar-refractivity contribution < 1.29 is 17.6 Å². The van der Waals surface area contributed by atoms with Crippen molar-refractivity contribution in [3.63, 3.8) is 0 Å². The first-order valence-corrected chi connectivity index (χ1v) is 9.14. The van der Waals surface area contributed by atoms with Crippen molar-refractivity contribution in [2.24, 2.45) is 0 Å². The standard InChI is InChI=1S/C23H15BF3NO2/c24-20-17(12-11-16-18(29)13-19(23(25,26)27)30-22(16)20)28-21(14-7-3-1-4-8-14)15-9-5-2-6-10-15/h1-13,21,28H. The van der Waals surface area contributed by atoms with Crippen LogP contribution in [0.3, 0.4) is 0 Å². The summed E-state index contributed by atoms with van der Waals surface area (Å²) in [5.41, 5.74) is 1.09. The van der Waals surface area contributed by atoms with Gasteiger partial charge in [0.05, 0.1) is 11.4 Å². The van der Waals surface area contributed by atoms with Gasteiger partial charge in [-0.05, 0) is 28.7 Å². The van der Waals surface area contributed by atoms with E-state index in [9.17, 15) is 18.0 Å². The molecule has 148 valence electrons. The van der Waals surface area contributed by atoms with Gasteiger partial charge in [-0.15, -0.1) is 0 Å². The Morgan fingerprint density at radius 2 is 1.43 bits per heavy atom. The van der Waals surface area contributed by atoms with Crippen molar-refractivity contribution in [1.82, 2.24) is 0 Å². The van der Waals surface area contributed by atoms with Crippen molar-refractivity contribution >= 4 is 30.0 Å². The van der Waals surface area contributed by atoms with Crippen LogP contribution < -0.4 is 16.2 Å². The molecule has 0 aliphatic heterocycles. The first-order valence-electron chi connectivity index (χ1n) is 9.14. The maximum atomic E-state index is 13.1. The van der Waals surface area contributed by atoms with Crippen LogP contribution in [-0.4, -0.2) is 7.85 Å². The smallest absolute Gasteiger partial charge is 0.449 e. The quantitative estimate of drug-likeness (QED) is 0.496. The van der Waals surface area contributed by atoms with E-state index in [1.165, 1.54) is 6.07 Å². The Labute approximate surface area is 171 Å². The highest BCUT2D eigenvalue weighted by Gasteiger charge is 2.35. The van der Waals surface area contributed by atoms with E-state index in [-0.39, 0.29) is 22.5 Å². The first-order chi connectivity index (χ1) is 14.3. The van der Waals surface area contributed by atoms with Crippen LogP contribution in [0.25, 0.3) is 11.0 Å². The molecule has 0 spiro atoms. The van der Waals surface area contributed by atoms with Gasteiger partial charge in [-0.3, -0.25) is 4.79 Å². The highest BCUT2D eigenvalue weighted by atomic mass is 19.4. The van der Waals surface area contributed by atoms with E-state index in [2.05, 4.69) is 5.32 Å². The molecule has 0 bridgehead atoms. The molecule has 4 rings (SSSR count). The zero-order valence-electron chi connectivity index (χ0n) is 15.6. The van der Waals surface area contributed by atoms with E-state index in [1.54, 1.807) is 6.07 Å². The third-order valence-corrected chi connectivity index (χ3v) is 4.78. The normalized spacial score (nSPS) is 11.7. The minimum atomic E-state index is -4.79. The van der Waals surface area contributed by atoms with Crippen LogP contribution >= 0.6 is 0 Å². The van der Waals surface area contributed by atoms with E-state index in [1.807, 2.05) is 60.7 Å². The van der Waals surface area contributed by atoms with Crippen LogP contribution in [0.5, 0.6) is 0 Å². The Hall–Kier alpha value is -3.48. The third kappa shape index (κ3) is 3.83. The molecule has 0 fully saturated rings. The van der Waals surface area contributed by atoms with E-state index in [0.717, 1.165) is 11.1 Å². The van der Waals surface area contributed by atoms with E-state index in [0.29, 0.717) is 11.8 Å². The molecule has 1 heterocycles. The topological polar surface area (TPSA) is 42.2 Å². The highest BCUT2D eigenvalue weighted by molar-refractivity contribution is 6.41. The van der Waals surface area contributed by atoms with Crippen LogP contribution in [-0.2, 0) is 6.18 Å². The molecule has 0 saturated heterocycles. The third-order valence-electron chi connectivity index (χ3n) is 4.78. The van der Waals surface area contributed by atoms with Gasteiger partial charge in [0, 0.05) is 11.8 Å². The number of halogens is 3. The lowest BCUT2D eigenvalue weighted by Crippen LogP contribution is -2.21. The molecule has 0 unspecified atom stereocenters. The lowest BCUT2D eigenvalue weighted by Gasteiger charge is -2.23. The van der Waals surface area contributed by atoms with Gasteiger partial charge in [0.15, 0.2) is 5.43 Å². The molecule has 0 amide bonds. The molecule has 0 aliphatic carbocycles. The number of rotatable bonds is 4. The summed E-state index contributed by atoms with van der Waals surface area (Å²) in [7, 11) is 6.14. The van der Waals surface area contributed by atoms with Crippen LogP contribution in [0.15, 0.2) is 88.1 Å². The summed E-state index contributed by atoms with van der Waals surface area (Å²) in [6.45, 7) is 0. The molecule has 7 heteroatoms. The molecule has 1 N–H and O–H groups in total. The first kappa shape index (κ1) is 19.8. The molecule has 0 aliphatic rings. The lowest BCUT2D eigenvalue weighted by molar-refractivity contribution is -0.152. The van der Waals surface area contributed by atoms with Gasteiger partial charge in [0.2, 0.25) is 5.76 Å². The van der Waals surface area contributed by atoms with Crippen LogP contribution in [0.1, 0.15) is 22.9 Å². The van der Waals surface area contributed by atoms with Gasteiger partial charge in [0.25, 0.3) is 0 Å². The van der Waals surface area contributed by atoms with Crippen molar-refractivity contribution in [1.29, 1.82) is 0 Å². The highest BCUT2D eigenvalue weighted by Crippen LogP contribution is 2.31. The molecule has 4 aromatic rings. The zero-order chi connectivity index (χ0) is 21.3. The number of anilines is 1. The molecular weight excluding hydrogens is 390 g/mol. The van der Waals surface area contributed by atoms with Gasteiger partial charge in [-0.25, -0.2) is 0 Å². The molecule has 0 atom stereocenters. The largest absolute Gasteiger partial charge is 0.452 e. The summed E-state index contributed by atoms with van der Waals surface area (Å²) in [6.07, 6.45) is -4.79. The zero-order valence-corrected chi connectivity index (χ0v) is 15.6. The predicted molar refractivity (Wildman–Crippen MR) is 111 cm³/mol. The Morgan fingerprint density at radius 1 is 0.867 bits per heavy atom. The van der Waals surface area contributed by atoms with E-state index >= 15 is 0 Å². The summed E-state index contributed by atoms with van der Waals surface area (Å²) < 4.78 is 44.3. The average Bonchev–Trinajstić information content (AvgIpc) is 2.74. The molecule has 3 nitrogen and oxygen atoms in total. The number of fused-ring (bicyclic) bond motifs is 1. The van der Waals surface area contributed by atoms with Gasteiger partial charge in [-0.2, -0.15) is 13.2 Å². The summed E-state index contributed by atoms with van der Waals surface area (Å²) in [6, 6.07) is 22.2. The average molecular weight is 405 g/mol. The Kier molecular flexibility index (Phi) is 5.12. The Morgan fingerprint density at radius 3 is 1.97 bits per heavy atom. The molecular formula is C23H15BF3NO2. The Balaban J connectivity index is 1.83. The minimum Gasteiger partial charge on any atom is -0.452 e. The second-order valence-corrected chi connectivity index (χ2v) is 6.77. The fourth-order valence-corrected chi connectivity index (χ4v) is 3.31. The fourth-order valence-electron chi connectivity index (χ4n) is 3.31. The monoisotopic (exact) mass is 405 g/mol. The van der Waals surface area contributed by atoms with Gasteiger partial charge in [0.1, 0.15) is 13.4 Å². The second kappa shape index (κ2) is 7.74. The second-order valence-electron chi connectivity index (χ2n) is 6.77. The SMILES string of the molecule is [B]c1c(NC(c2ccccc2)c2ccccc2)ccc2c(=O)cc(C(F)(F)F)oc12. The molecule has 1 aromatic heterocycles. The summed E-state index contributed by atoms with van der Waals surface area (Å²) >= 11 is 0. The van der Waals surface area contributed by atoms with Crippen LogP contribution in [0, 0.1) is 0 Å². The maximum Gasteiger partial charge on any atom is 0.449 e. The van der Waals surface area contributed by atoms with Crippen molar-refractivity contribution in [3.05, 3.63) is 106 Å². The summed E-state index contributed by atoms with van der Waals surface area (Å²) in [4.78, 5) is 12.1. The molecule has 30 heavy (non-hydrogen) atoms. The van der Waals surface area contributed by atoms with Crippen LogP contribution in [0.4, 0.5) is 18.9 Å². The van der Waals surface area contributed by atoms with E-state index < -0.39 is 17.4 Å². The van der Waals surface area contributed by atoms with Gasteiger partial charge >= 0.3 is 6.18 Å². The summed E-state index contributed by atoms with van der Waals surface area (Å²) in [5, 5.41) is 3.27. The van der Waals surface area contributed by atoms with E-state index in [4.69, 9.17) is 12.3 Å². The fraction of sp³-hybridized carbons (Fsp3) is 0.0870. The van der Waals surface area contributed by atoms with Crippen molar-refractivity contribution in [2.45, 2.75) is 12.2 Å². The van der Waals surface area contributed by atoms with Crippen molar-refractivity contribution in [2.75, 3.05) is 5.32 Å². The van der Waals surface area contributed by atoms with Crippen LogP contribution in [0.2, 0.25) is 0 Å². The Bertz CT molecular complexity index is 1200. The summed E-state index contributed by atoms with van der Waals surface area (Å²) in [5.74, 6) is -1.38. The maximum absolute atomic E-state index is 13.1. The van der Waals surface area contributed by atoms with Crippen molar-refractivity contribution in [3.8, 4) is 0 Å². The predicted octanol–water partition coefficient (Wildman–Crippen LogP) is 4.81. The minimum absolute atomic E-state index is 0.0120. The molecule has 0 saturated carbocycles. The number of hydrogen-bond acceptors (Lipinski definition) is 3. The number of nitrogens with one attached hydrogen (secondary N) is 1. The number of benzene rings is 3. The number of alkyl halides is 3. The lowest BCUT2D eigenvalue weighted by atomic mass is 9.90. The number of hydrogen-bond donors (Lipinski definition) is 1. The molecule has 2 radical (unpaired) electrons.